The average Bonchev–Trinajstić information content (AvgIpc) is 3.37. The Hall–Kier alpha value is -3.38. The van der Waals surface area contributed by atoms with E-state index in [1.54, 1.807) is 12.0 Å². The van der Waals surface area contributed by atoms with Crippen molar-refractivity contribution in [3.8, 4) is 0 Å². The summed E-state index contributed by atoms with van der Waals surface area (Å²) in [4.78, 5) is 35.7. The van der Waals surface area contributed by atoms with Gasteiger partial charge in [0.25, 0.3) is 0 Å². The van der Waals surface area contributed by atoms with E-state index in [-0.39, 0.29) is 29.2 Å². The quantitative estimate of drug-likeness (QED) is 0.481. The molecule has 2 atom stereocenters. The summed E-state index contributed by atoms with van der Waals surface area (Å²) < 4.78 is 5.50. The molecule has 1 aliphatic carbocycles. The molecule has 2 fully saturated rings. The number of carbonyl (C=O) groups is 1. The molecule has 13 heteroatoms. The Morgan fingerprint density at radius 3 is 2.91 bits per heavy atom. The molecule has 0 bridgehead atoms. The number of hydrogen-bond donors (Lipinski definition) is 3. The Morgan fingerprint density at radius 1 is 1.28 bits per heavy atom. The summed E-state index contributed by atoms with van der Waals surface area (Å²) in [5.41, 5.74) is 1.01. The number of H-pyrrole nitrogens is 1. The zero-order chi connectivity index (χ0) is 22.1. The van der Waals surface area contributed by atoms with Gasteiger partial charge in [0, 0.05) is 44.5 Å². The number of anilines is 4. The van der Waals surface area contributed by atoms with Crippen LogP contribution in [0, 0.1) is 0 Å². The molecule has 3 N–H and O–H groups in total. The van der Waals surface area contributed by atoms with Crippen LogP contribution in [0.15, 0.2) is 24.7 Å². The zero-order valence-electron chi connectivity index (χ0n) is 17.2. The van der Waals surface area contributed by atoms with Crippen molar-refractivity contribution in [1.29, 1.82) is 0 Å². The van der Waals surface area contributed by atoms with Crippen molar-refractivity contribution in [2.75, 3.05) is 29.2 Å². The molecule has 5 rings (SSSR count). The van der Waals surface area contributed by atoms with Crippen molar-refractivity contribution in [3.05, 3.63) is 35.6 Å². The molecule has 0 aromatic carbocycles. The van der Waals surface area contributed by atoms with Gasteiger partial charge in [0.1, 0.15) is 11.9 Å². The summed E-state index contributed by atoms with van der Waals surface area (Å²) in [6.45, 7) is 0.421. The highest BCUT2D eigenvalue weighted by Crippen LogP contribution is 2.39. The summed E-state index contributed by atoms with van der Waals surface area (Å²) >= 11 is 6.18. The van der Waals surface area contributed by atoms with Crippen molar-refractivity contribution in [3.63, 3.8) is 0 Å². The molecule has 1 saturated carbocycles. The fraction of sp³-hybridized carbons (Fsp3) is 0.421. The first-order valence-corrected chi connectivity index (χ1v) is 10.6. The second-order valence-corrected chi connectivity index (χ2v) is 8.01. The number of carbonyl (C=O) groups excluding carboxylic acids is 1. The van der Waals surface area contributed by atoms with E-state index in [4.69, 9.17) is 16.3 Å². The van der Waals surface area contributed by atoms with Crippen LogP contribution in [0.5, 0.6) is 0 Å². The van der Waals surface area contributed by atoms with Gasteiger partial charge in [0.05, 0.1) is 18.0 Å². The van der Waals surface area contributed by atoms with Crippen molar-refractivity contribution in [1.82, 2.24) is 35.1 Å². The predicted molar refractivity (Wildman–Crippen MR) is 116 cm³/mol. The van der Waals surface area contributed by atoms with Gasteiger partial charge in [-0.1, -0.05) is 0 Å². The number of aromatic amines is 1. The van der Waals surface area contributed by atoms with E-state index in [0.29, 0.717) is 30.5 Å². The Morgan fingerprint density at radius 2 is 2.16 bits per heavy atom. The largest absolute Gasteiger partial charge is 0.380 e. The van der Waals surface area contributed by atoms with Gasteiger partial charge < -0.3 is 20.3 Å². The first-order valence-electron chi connectivity index (χ1n) is 10.2. The number of nitrogens with one attached hydrogen (secondary N) is 3. The maximum atomic E-state index is 13.0. The fourth-order valence-corrected chi connectivity index (χ4v) is 3.80. The van der Waals surface area contributed by atoms with E-state index in [0.717, 1.165) is 18.5 Å². The van der Waals surface area contributed by atoms with Gasteiger partial charge in [0.15, 0.2) is 5.82 Å². The highest BCUT2D eigenvalue weighted by Gasteiger charge is 2.39. The normalized spacial score (nSPS) is 20.4. The lowest BCUT2D eigenvalue weighted by molar-refractivity contribution is -0.117. The summed E-state index contributed by atoms with van der Waals surface area (Å²) in [5, 5.41) is 13.1. The molecular weight excluding hydrogens is 436 g/mol. The Balaban J connectivity index is 1.37. The lowest BCUT2D eigenvalue weighted by atomic mass is 10.2. The minimum atomic E-state index is -0.582. The molecular formula is C19H21ClN10O2. The third kappa shape index (κ3) is 4.46. The molecule has 4 heterocycles. The van der Waals surface area contributed by atoms with Gasteiger partial charge >= 0.3 is 0 Å². The van der Waals surface area contributed by atoms with Gasteiger partial charge in [-0.15, -0.1) is 0 Å². The van der Waals surface area contributed by atoms with Crippen LogP contribution in [0.4, 0.5) is 23.5 Å². The van der Waals surface area contributed by atoms with Gasteiger partial charge in [-0.25, -0.2) is 4.98 Å². The molecule has 32 heavy (non-hydrogen) atoms. The number of ether oxygens (including phenoxy) is 1. The van der Waals surface area contributed by atoms with E-state index in [9.17, 15) is 4.79 Å². The molecule has 3 aromatic heterocycles. The molecule has 166 valence electrons. The molecule has 12 nitrogen and oxygen atoms in total. The SMILES string of the molecule is COC1CC(C(=O)Nc2cnccn2)N(c2nc(Cl)nc(Nc3cc(C4CC4)n[nH]3)n2)C1. The van der Waals surface area contributed by atoms with E-state index in [1.807, 2.05) is 6.07 Å². The molecule has 1 aliphatic heterocycles. The number of rotatable bonds is 7. The minimum Gasteiger partial charge on any atom is -0.380 e. The minimum absolute atomic E-state index is 0.00776. The number of amides is 1. The molecule has 3 aromatic rings. The van der Waals surface area contributed by atoms with E-state index >= 15 is 0 Å². The van der Waals surface area contributed by atoms with Crippen molar-refractivity contribution < 1.29 is 9.53 Å². The number of halogens is 1. The summed E-state index contributed by atoms with van der Waals surface area (Å²) in [6.07, 6.45) is 7.11. The van der Waals surface area contributed by atoms with Crippen molar-refractivity contribution in [2.24, 2.45) is 0 Å². The molecule has 2 aliphatic rings. The van der Waals surface area contributed by atoms with E-state index in [1.165, 1.54) is 18.6 Å². The highest BCUT2D eigenvalue weighted by atomic mass is 35.5. The molecule has 1 saturated heterocycles. The van der Waals surface area contributed by atoms with Crippen LogP contribution >= 0.6 is 11.6 Å². The van der Waals surface area contributed by atoms with Gasteiger partial charge in [-0.05, 0) is 24.4 Å². The predicted octanol–water partition coefficient (Wildman–Crippen LogP) is 1.89. The van der Waals surface area contributed by atoms with E-state index in [2.05, 4.69) is 45.8 Å². The second-order valence-electron chi connectivity index (χ2n) is 7.68. The molecule has 1 amide bonds. The topological polar surface area (TPSA) is 147 Å². The number of nitrogens with zero attached hydrogens (tertiary/aromatic N) is 7. The summed E-state index contributed by atoms with van der Waals surface area (Å²) in [5.74, 6) is 1.80. The Bertz CT molecular complexity index is 1110. The zero-order valence-corrected chi connectivity index (χ0v) is 18.0. The third-order valence-corrected chi connectivity index (χ3v) is 5.58. The summed E-state index contributed by atoms with van der Waals surface area (Å²) in [7, 11) is 1.61. The maximum absolute atomic E-state index is 13.0. The first-order chi connectivity index (χ1) is 15.6. The van der Waals surface area contributed by atoms with Crippen LogP contribution in [0.3, 0.4) is 0 Å². The third-order valence-electron chi connectivity index (χ3n) is 5.41. The van der Waals surface area contributed by atoms with Crippen molar-refractivity contribution >= 4 is 41.0 Å². The fourth-order valence-electron chi connectivity index (χ4n) is 3.64. The van der Waals surface area contributed by atoms with E-state index < -0.39 is 6.04 Å². The molecule has 2 unspecified atom stereocenters. The van der Waals surface area contributed by atoms with Gasteiger partial charge in [-0.2, -0.15) is 20.1 Å². The standard InChI is InChI=1S/C19H21ClN10O2/c1-32-11-6-13(16(31)23-15-8-21-4-5-22-15)30(9-11)19-26-17(20)25-18(27-19)24-14-7-12(28-29-14)10-2-3-10/h4-5,7-8,10-11,13H,2-3,6,9H2,1H3,(H,22,23,31)(H2,24,25,26,27,28,29). The lowest BCUT2D eigenvalue weighted by Gasteiger charge is -2.23. The Labute approximate surface area is 188 Å². The van der Waals surface area contributed by atoms with Gasteiger partial charge in [0.2, 0.25) is 23.1 Å². The van der Waals surface area contributed by atoms with Crippen LogP contribution in [-0.4, -0.2) is 66.8 Å². The van der Waals surface area contributed by atoms with Crippen LogP contribution < -0.4 is 15.5 Å². The monoisotopic (exact) mass is 456 g/mol. The maximum Gasteiger partial charge on any atom is 0.248 e. The molecule has 0 spiro atoms. The number of hydrogen-bond acceptors (Lipinski definition) is 10. The van der Waals surface area contributed by atoms with Crippen LogP contribution in [0.1, 0.15) is 30.9 Å². The second kappa shape index (κ2) is 8.63. The average molecular weight is 457 g/mol. The Kier molecular flexibility index (Phi) is 5.53. The lowest BCUT2D eigenvalue weighted by Crippen LogP contribution is -2.41. The van der Waals surface area contributed by atoms with Crippen LogP contribution in [0.2, 0.25) is 5.28 Å². The highest BCUT2D eigenvalue weighted by molar-refractivity contribution is 6.28. The smallest absolute Gasteiger partial charge is 0.248 e. The van der Waals surface area contributed by atoms with Gasteiger partial charge in [-0.3, -0.25) is 14.9 Å². The van der Waals surface area contributed by atoms with Crippen LogP contribution in [0.25, 0.3) is 0 Å². The first kappa shape index (κ1) is 20.5. The molecule has 0 radical (unpaired) electrons. The van der Waals surface area contributed by atoms with Crippen molar-refractivity contribution in [2.45, 2.75) is 37.3 Å². The number of methoxy groups -OCH3 is 1. The number of aromatic nitrogens is 7. The summed E-state index contributed by atoms with van der Waals surface area (Å²) in [6, 6.07) is 1.35. The van der Waals surface area contributed by atoms with Crippen LogP contribution in [-0.2, 0) is 9.53 Å².